The Morgan fingerprint density at radius 2 is 1.77 bits per heavy atom. The Balaban J connectivity index is 1.87. The number of benzene rings is 2. The first kappa shape index (κ1) is 21.7. The van der Waals surface area contributed by atoms with Crippen LogP contribution >= 0.6 is 11.6 Å². The van der Waals surface area contributed by atoms with Crippen molar-refractivity contribution in [3.8, 4) is 5.75 Å². The van der Waals surface area contributed by atoms with Crippen molar-refractivity contribution in [3.05, 3.63) is 84.2 Å². The lowest BCUT2D eigenvalue weighted by molar-refractivity contribution is -0.395. The maximum Gasteiger partial charge on any atom is 0.281 e. The number of aromatic nitrogens is 1. The zero-order chi connectivity index (χ0) is 22.7. The summed E-state index contributed by atoms with van der Waals surface area (Å²) in [6.45, 7) is 2.75. The predicted octanol–water partition coefficient (Wildman–Crippen LogP) is 4.59. The average Bonchev–Trinajstić information content (AvgIpc) is 3.08. The molecule has 0 saturated heterocycles. The van der Waals surface area contributed by atoms with Crippen LogP contribution in [-0.4, -0.2) is 20.9 Å². The number of hydrogen-bond donors (Lipinski definition) is 1. The summed E-state index contributed by atoms with van der Waals surface area (Å²) < 4.78 is 10.7. The van der Waals surface area contributed by atoms with Gasteiger partial charge in [0.05, 0.1) is 26.1 Å². The molecule has 0 aliphatic rings. The third-order valence-electron chi connectivity index (χ3n) is 4.41. The van der Waals surface area contributed by atoms with Crippen molar-refractivity contribution in [1.82, 2.24) is 5.16 Å². The molecule has 31 heavy (non-hydrogen) atoms. The van der Waals surface area contributed by atoms with Gasteiger partial charge >= 0.3 is 0 Å². The van der Waals surface area contributed by atoms with Crippen LogP contribution in [0.25, 0.3) is 0 Å². The monoisotopic (exact) mass is 446 g/mol. The largest absolute Gasteiger partial charge is 0.487 e. The number of aryl methyl sites for hydroxylation is 1. The Kier molecular flexibility index (Phi) is 6.16. The number of rotatable bonds is 7. The van der Waals surface area contributed by atoms with E-state index in [0.29, 0.717) is 22.1 Å². The van der Waals surface area contributed by atoms with Crippen LogP contribution in [0.2, 0.25) is 5.02 Å². The fraction of sp³-hybridized carbons (Fsp3) is 0.158. The molecule has 0 bridgehead atoms. The highest BCUT2D eigenvalue weighted by atomic mass is 35.5. The van der Waals surface area contributed by atoms with E-state index in [-0.39, 0.29) is 23.6 Å². The van der Waals surface area contributed by atoms with Gasteiger partial charge in [-0.25, -0.2) is 0 Å². The third-order valence-corrected chi connectivity index (χ3v) is 4.72. The second kappa shape index (κ2) is 8.79. The number of ether oxygens (including phenoxy) is 1. The highest BCUT2D eigenvalue weighted by Crippen LogP contribution is 2.32. The van der Waals surface area contributed by atoms with E-state index in [2.05, 4.69) is 10.5 Å². The minimum Gasteiger partial charge on any atom is -0.487 e. The molecule has 1 aromatic heterocycles. The molecule has 3 rings (SSSR count). The van der Waals surface area contributed by atoms with Gasteiger partial charge in [-0.05, 0) is 26.0 Å². The smallest absolute Gasteiger partial charge is 0.281 e. The molecular weight excluding hydrogens is 432 g/mol. The molecule has 3 aromatic rings. The van der Waals surface area contributed by atoms with Crippen LogP contribution in [0.4, 0.5) is 17.1 Å². The Morgan fingerprint density at radius 1 is 1.16 bits per heavy atom. The quantitative estimate of drug-likeness (QED) is 0.408. The minimum absolute atomic E-state index is 0.0873. The number of halogens is 1. The number of nitro benzene ring substituents is 2. The zero-order valence-electron chi connectivity index (χ0n) is 16.2. The summed E-state index contributed by atoms with van der Waals surface area (Å²) in [5.74, 6) is -0.0685. The van der Waals surface area contributed by atoms with Gasteiger partial charge in [0.25, 0.3) is 17.3 Å². The summed E-state index contributed by atoms with van der Waals surface area (Å²) >= 11 is 6.05. The fourth-order valence-electron chi connectivity index (χ4n) is 2.78. The van der Waals surface area contributed by atoms with Gasteiger partial charge in [-0.3, -0.25) is 25.0 Å². The Labute approximate surface area is 179 Å². The molecule has 160 valence electrons. The lowest BCUT2D eigenvalue weighted by atomic mass is 10.1. The predicted molar refractivity (Wildman–Crippen MR) is 109 cm³/mol. The van der Waals surface area contributed by atoms with Gasteiger partial charge in [0.2, 0.25) is 0 Å². The van der Waals surface area contributed by atoms with Crippen molar-refractivity contribution in [2.45, 2.75) is 20.5 Å². The highest BCUT2D eigenvalue weighted by Gasteiger charge is 2.26. The Hall–Kier alpha value is -3.99. The molecule has 0 radical (unpaired) electrons. The van der Waals surface area contributed by atoms with Crippen LogP contribution in [0, 0.1) is 34.1 Å². The van der Waals surface area contributed by atoms with Crippen LogP contribution in [0.5, 0.6) is 5.75 Å². The van der Waals surface area contributed by atoms with E-state index in [9.17, 15) is 25.0 Å². The van der Waals surface area contributed by atoms with E-state index in [1.54, 1.807) is 31.2 Å². The molecular formula is C19H15ClN4O7. The first-order valence-electron chi connectivity index (χ1n) is 8.76. The topological polar surface area (TPSA) is 151 Å². The maximum absolute atomic E-state index is 12.7. The molecule has 0 spiro atoms. The van der Waals surface area contributed by atoms with E-state index >= 15 is 0 Å². The lowest BCUT2D eigenvalue weighted by Crippen LogP contribution is -2.16. The summed E-state index contributed by atoms with van der Waals surface area (Å²) in [4.78, 5) is 33.6. The number of nitrogens with zero attached hydrogens (tertiary/aromatic N) is 3. The van der Waals surface area contributed by atoms with Gasteiger partial charge < -0.3 is 14.6 Å². The number of carbonyl (C=O) groups excluding carboxylic acids is 1. The zero-order valence-corrected chi connectivity index (χ0v) is 17.0. The summed E-state index contributed by atoms with van der Waals surface area (Å²) in [6, 6.07) is 8.82. The Morgan fingerprint density at radius 3 is 2.35 bits per heavy atom. The second-order valence-corrected chi connectivity index (χ2v) is 6.80. The molecule has 2 aromatic carbocycles. The van der Waals surface area contributed by atoms with Gasteiger partial charge in [0.1, 0.15) is 23.7 Å². The second-order valence-electron chi connectivity index (χ2n) is 6.39. The first-order valence-corrected chi connectivity index (χ1v) is 9.14. The Bertz CT molecular complexity index is 1160. The van der Waals surface area contributed by atoms with Crippen LogP contribution in [-0.2, 0) is 6.61 Å². The van der Waals surface area contributed by atoms with Crippen LogP contribution in [0.15, 0.2) is 40.9 Å². The summed E-state index contributed by atoms with van der Waals surface area (Å²) in [5, 5.41) is 28.9. The van der Waals surface area contributed by atoms with E-state index < -0.39 is 27.1 Å². The molecule has 12 heteroatoms. The number of carbonyl (C=O) groups is 1. The van der Waals surface area contributed by atoms with Gasteiger partial charge in [0.15, 0.2) is 5.69 Å². The molecule has 0 saturated carbocycles. The number of nitro groups is 2. The maximum atomic E-state index is 12.7. The standard InChI is InChI=1S/C19H15ClN4O7/c1-10-15(23(26)27)7-12(8-16(10)24(28)29)21-19(25)18-13(11(2)31-22-18)9-30-17-6-4-3-5-14(17)20/h3-8H,9H2,1-2H3,(H,21,25). The first-order chi connectivity index (χ1) is 14.7. The summed E-state index contributed by atoms with van der Waals surface area (Å²) in [7, 11) is 0. The van der Waals surface area contributed by atoms with Crippen molar-refractivity contribution in [2.24, 2.45) is 0 Å². The SMILES string of the molecule is Cc1onc(C(=O)Nc2cc([N+](=O)[O-])c(C)c([N+](=O)[O-])c2)c1COc1ccccc1Cl. The van der Waals surface area contributed by atoms with Gasteiger partial charge in [-0.2, -0.15) is 0 Å². The molecule has 1 amide bonds. The molecule has 0 fully saturated rings. The van der Waals surface area contributed by atoms with Crippen molar-refractivity contribution < 1.29 is 23.9 Å². The van der Waals surface area contributed by atoms with Crippen molar-refractivity contribution >= 4 is 34.6 Å². The summed E-state index contributed by atoms with van der Waals surface area (Å²) in [6.07, 6.45) is 0. The molecule has 0 aliphatic heterocycles. The molecule has 11 nitrogen and oxygen atoms in total. The average molecular weight is 447 g/mol. The van der Waals surface area contributed by atoms with Crippen molar-refractivity contribution in [1.29, 1.82) is 0 Å². The molecule has 0 unspecified atom stereocenters. The van der Waals surface area contributed by atoms with Gasteiger partial charge in [-0.15, -0.1) is 0 Å². The highest BCUT2D eigenvalue weighted by molar-refractivity contribution is 6.32. The lowest BCUT2D eigenvalue weighted by Gasteiger charge is -2.09. The minimum atomic E-state index is -0.776. The van der Waals surface area contributed by atoms with E-state index in [4.69, 9.17) is 20.9 Å². The van der Waals surface area contributed by atoms with Crippen LogP contribution in [0.1, 0.15) is 27.4 Å². The molecule has 0 atom stereocenters. The fourth-order valence-corrected chi connectivity index (χ4v) is 2.97. The molecule has 1 heterocycles. The van der Waals surface area contributed by atoms with Crippen LogP contribution < -0.4 is 10.1 Å². The molecule has 1 N–H and O–H groups in total. The molecule has 0 aliphatic carbocycles. The summed E-state index contributed by atoms with van der Waals surface area (Å²) in [5.41, 5.74) is -1.05. The van der Waals surface area contributed by atoms with Gasteiger partial charge in [0, 0.05) is 12.1 Å². The number of amides is 1. The third kappa shape index (κ3) is 4.61. The number of para-hydroxylation sites is 1. The van der Waals surface area contributed by atoms with E-state index in [0.717, 1.165) is 12.1 Å². The normalized spacial score (nSPS) is 10.5. The number of hydrogen-bond acceptors (Lipinski definition) is 8. The van der Waals surface area contributed by atoms with Crippen molar-refractivity contribution in [2.75, 3.05) is 5.32 Å². The van der Waals surface area contributed by atoms with Crippen molar-refractivity contribution in [3.63, 3.8) is 0 Å². The number of nitrogens with one attached hydrogen (secondary N) is 1. The van der Waals surface area contributed by atoms with Gasteiger partial charge in [-0.1, -0.05) is 28.9 Å². The number of anilines is 1. The van der Waals surface area contributed by atoms with Crippen LogP contribution in [0.3, 0.4) is 0 Å². The van der Waals surface area contributed by atoms with E-state index in [1.165, 1.54) is 6.92 Å². The van der Waals surface area contributed by atoms with E-state index in [1.807, 2.05) is 0 Å².